The lowest BCUT2D eigenvalue weighted by atomic mass is 10.1. The van der Waals surface area contributed by atoms with Crippen molar-refractivity contribution in [1.82, 2.24) is 20.3 Å². The second kappa shape index (κ2) is 5.77. The molecular formula is C11H18N4O2. The van der Waals surface area contributed by atoms with Crippen LogP contribution in [0.2, 0.25) is 0 Å². The average Bonchev–Trinajstić information content (AvgIpc) is 2.66. The lowest BCUT2D eigenvalue weighted by Crippen LogP contribution is -2.15. The maximum Gasteiger partial charge on any atom is 0.360 e. The van der Waals surface area contributed by atoms with Crippen molar-refractivity contribution < 1.29 is 9.53 Å². The van der Waals surface area contributed by atoms with Gasteiger partial charge in [0.15, 0.2) is 5.69 Å². The summed E-state index contributed by atoms with van der Waals surface area (Å²) >= 11 is 0. The summed E-state index contributed by atoms with van der Waals surface area (Å²) in [6, 6.07) is 0.334. The van der Waals surface area contributed by atoms with Crippen molar-refractivity contribution in [3.8, 4) is 0 Å². The lowest BCUT2D eigenvalue weighted by Gasteiger charge is -2.12. The van der Waals surface area contributed by atoms with Crippen LogP contribution in [-0.4, -0.2) is 40.7 Å². The number of ether oxygens (including phenoxy) is 1. The molecule has 0 saturated carbocycles. The van der Waals surface area contributed by atoms with Gasteiger partial charge in [-0.1, -0.05) is 5.21 Å². The van der Waals surface area contributed by atoms with Crippen LogP contribution < -0.4 is 5.32 Å². The number of hydrogen-bond donors (Lipinski definition) is 1. The van der Waals surface area contributed by atoms with E-state index in [9.17, 15) is 4.79 Å². The van der Waals surface area contributed by atoms with Crippen molar-refractivity contribution in [2.45, 2.75) is 32.2 Å². The van der Waals surface area contributed by atoms with Crippen LogP contribution in [0.25, 0.3) is 0 Å². The first-order chi connectivity index (χ1) is 8.31. The van der Waals surface area contributed by atoms with Gasteiger partial charge in [-0.05, 0) is 39.3 Å². The Labute approximate surface area is 100 Å². The average molecular weight is 238 g/mol. The molecule has 94 valence electrons. The molecule has 6 nitrogen and oxygen atoms in total. The molecule has 1 unspecified atom stereocenters. The molecule has 1 aromatic heterocycles. The normalized spacial score (nSPS) is 20.9. The molecule has 1 atom stereocenters. The van der Waals surface area contributed by atoms with Crippen LogP contribution in [0, 0.1) is 0 Å². The summed E-state index contributed by atoms with van der Waals surface area (Å²) in [6.45, 7) is 4.17. The summed E-state index contributed by atoms with van der Waals surface area (Å²) in [4.78, 5) is 11.5. The number of nitrogens with zero attached hydrogens (tertiary/aromatic N) is 3. The highest BCUT2D eigenvalue weighted by molar-refractivity contribution is 5.86. The molecule has 2 rings (SSSR count). The minimum absolute atomic E-state index is 0.295. The van der Waals surface area contributed by atoms with E-state index in [1.165, 1.54) is 0 Å². The highest BCUT2D eigenvalue weighted by Gasteiger charge is 2.18. The van der Waals surface area contributed by atoms with Crippen LogP contribution in [0.4, 0.5) is 0 Å². The smallest absolute Gasteiger partial charge is 0.360 e. The Balaban J connectivity index is 2.03. The Kier molecular flexibility index (Phi) is 4.08. The number of esters is 1. The van der Waals surface area contributed by atoms with E-state index < -0.39 is 5.97 Å². The first kappa shape index (κ1) is 12.0. The minimum Gasteiger partial charge on any atom is -0.461 e. The van der Waals surface area contributed by atoms with Gasteiger partial charge in [-0.2, -0.15) is 0 Å². The van der Waals surface area contributed by atoms with E-state index in [0.717, 1.165) is 32.4 Å². The fourth-order valence-corrected chi connectivity index (χ4v) is 2.02. The molecule has 0 radical (unpaired) electrons. The monoisotopic (exact) mass is 238 g/mol. The molecule has 1 aliphatic rings. The predicted molar refractivity (Wildman–Crippen MR) is 61.7 cm³/mol. The van der Waals surface area contributed by atoms with Gasteiger partial charge in [0, 0.05) is 0 Å². The van der Waals surface area contributed by atoms with Gasteiger partial charge in [-0.3, -0.25) is 0 Å². The largest absolute Gasteiger partial charge is 0.461 e. The van der Waals surface area contributed by atoms with E-state index in [1.54, 1.807) is 17.8 Å². The van der Waals surface area contributed by atoms with Gasteiger partial charge in [0.25, 0.3) is 0 Å². The molecule has 6 heteroatoms. The fraction of sp³-hybridized carbons (Fsp3) is 0.727. The third-order valence-corrected chi connectivity index (χ3v) is 2.91. The molecular weight excluding hydrogens is 220 g/mol. The SMILES string of the molecule is CCOC(=O)c1cn(C2CCCNCC2)nn1. The van der Waals surface area contributed by atoms with Crippen LogP contribution >= 0.6 is 0 Å². The second-order valence-electron chi connectivity index (χ2n) is 4.14. The number of aromatic nitrogens is 3. The molecule has 1 fully saturated rings. The van der Waals surface area contributed by atoms with Gasteiger partial charge in [0.2, 0.25) is 0 Å². The molecule has 17 heavy (non-hydrogen) atoms. The van der Waals surface area contributed by atoms with E-state index in [0.29, 0.717) is 18.3 Å². The summed E-state index contributed by atoms with van der Waals surface area (Å²) in [5, 5.41) is 11.2. The van der Waals surface area contributed by atoms with Gasteiger partial charge >= 0.3 is 5.97 Å². The molecule has 0 amide bonds. The number of nitrogens with one attached hydrogen (secondary N) is 1. The maximum atomic E-state index is 11.5. The zero-order valence-corrected chi connectivity index (χ0v) is 10.1. The van der Waals surface area contributed by atoms with Crippen LogP contribution in [0.3, 0.4) is 0 Å². The number of carbonyl (C=O) groups is 1. The van der Waals surface area contributed by atoms with E-state index in [2.05, 4.69) is 15.6 Å². The van der Waals surface area contributed by atoms with Crippen LogP contribution in [0.5, 0.6) is 0 Å². The Bertz CT molecular complexity index is 369. The minimum atomic E-state index is -0.398. The second-order valence-corrected chi connectivity index (χ2v) is 4.14. The molecule has 0 spiro atoms. The number of rotatable bonds is 3. The van der Waals surface area contributed by atoms with Crippen LogP contribution in [0.1, 0.15) is 42.7 Å². The van der Waals surface area contributed by atoms with Crippen molar-refractivity contribution in [1.29, 1.82) is 0 Å². The maximum absolute atomic E-state index is 11.5. The Morgan fingerprint density at radius 3 is 3.29 bits per heavy atom. The van der Waals surface area contributed by atoms with Crippen molar-refractivity contribution >= 4 is 5.97 Å². The zero-order chi connectivity index (χ0) is 12.1. The first-order valence-corrected chi connectivity index (χ1v) is 6.11. The van der Waals surface area contributed by atoms with Crippen molar-refractivity contribution in [3.63, 3.8) is 0 Å². The van der Waals surface area contributed by atoms with Crippen molar-refractivity contribution in [3.05, 3.63) is 11.9 Å². The predicted octanol–water partition coefficient (Wildman–Crippen LogP) is 0.769. The summed E-state index contributed by atoms with van der Waals surface area (Å²) in [5.41, 5.74) is 0.295. The Morgan fingerprint density at radius 1 is 1.59 bits per heavy atom. The summed E-state index contributed by atoms with van der Waals surface area (Å²) in [5.74, 6) is -0.398. The molecule has 0 aliphatic carbocycles. The summed E-state index contributed by atoms with van der Waals surface area (Å²) < 4.78 is 6.68. The third-order valence-electron chi connectivity index (χ3n) is 2.91. The number of carbonyl (C=O) groups excluding carboxylic acids is 1. The molecule has 0 bridgehead atoms. The fourth-order valence-electron chi connectivity index (χ4n) is 2.02. The zero-order valence-electron chi connectivity index (χ0n) is 10.1. The number of hydrogen-bond acceptors (Lipinski definition) is 5. The highest BCUT2D eigenvalue weighted by Crippen LogP contribution is 2.18. The first-order valence-electron chi connectivity index (χ1n) is 6.11. The molecule has 2 heterocycles. The Morgan fingerprint density at radius 2 is 2.47 bits per heavy atom. The van der Waals surface area contributed by atoms with E-state index in [-0.39, 0.29) is 0 Å². The summed E-state index contributed by atoms with van der Waals surface area (Å²) in [7, 11) is 0. The van der Waals surface area contributed by atoms with Crippen molar-refractivity contribution in [2.24, 2.45) is 0 Å². The lowest BCUT2D eigenvalue weighted by molar-refractivity contribution is 0.0519. The summed E-state index contributed by atoms with van der Waals surface area (Å²) in [6.07, 6.45) is 4.90. The molecule has 1 saturated heterocycles. The van der Waals surface area contributed by atoms with E-state index in [1.807, 2.05) is 0 Å². The van der Waals surface area contributed by atoms with Crippen LogP contribution in [-0.2, 0) is 4.74 Å². The van der Waals surface area contributed by atoms with Crippen LogP contribution in [0.15, 0.2) is 6.20 Å². The van der Waals surface area contributed by atoms with E-state index in [4.69, 9.17) is 4.74 Å². The van der Waals surface area contributed by atoms with Gasteiger partial charge in [-0.15, -0.1) is 5.10 Å². The van der Waals surface area contributed by atoms with Gasteiger partial charge in [0.05, 0.1) is 18.8 Å². The highest BCUT2D eigenvalue weighted by atomic mass is 16.5. The van der Waals surface area contributed by atoms with Gasteiger partial charge < -0.3 is 10.1 Å². The van der Waals surface area contributed by atoms with Gasteiger partial charge in [0.1, 0.15) is 0 Å². The van der Waals surface area contributed by atoms with Gasteiger partial charge in [-0.25, -0.2) is 9.48 Å². The molecule has 1 N–H and O–H groups in total. The molecule has 1 aliphatic heterocycles. The standard InChI is InChI=1S/C11H18N4O2/c1-2-17-11(16)10-8-15(14-13-10)9-4-3-6-12-7-5-9/h8-9,12H,2-7H2,1H3. The molecule has 0 aromatic carbocycles. The molecule has 1 aromatic rings. The topological polar surface area (TPSA) is 69.0 Å². The van der Waals surface area contributed by atoms with Crippen molar-refractivity contribution in [2.75, 3.05) is 19.7 Å². The quantitative estimate of drug-likeness (QED) is 0.788. The van der Waals surface area contributed by atoms with E-state index >= 15 is 0 Å². The Hall–Kier alpha value is -1.43. The third kappa shape index (κ3) is 3.03.